The summed E-state index contributed by atoms with van der Waals surface area (Å²) < 4.78 is 4.96. The topological polar surface area (TPSA) is 87.0 Å². The molecule has 1 aromatic carbocycles. The zero-order valence-corrected chi connectivity index (χ0v) is 11.8. The van der Waals surface area contributed by atoms with Crippen LogP contribution >= 0.6 is 0 Å². The fourth-order valence-electron chi connectivity index (χ4n) is 2.13. The van der Waals surface area contributed by atoms with E-state index in [0.29, 0.717) is 6.61 Å². The molecule has 0 aliphatic carbocycles. The van der Waals surface area contributed by atoms with E-state index in [9.17, 15) is 9.59 Å². The molecule has 0 saturated carbocycles. The highest BCUT2D eigenvalue weighted by Gasteiger charge is 2.17. The van der Waals surface area contributed by atoms with Crippen molar-refractivity contribution in [3.8, 4) is 0 Å². The Kier molecular flexibility index (Phi) is 4.24. The Hall–Kier alpha value is -2.08. The molecule has 0 fully saturated rings. The lowest BCUT2D eigenvalue weighted by Crippen LogP contribution is -2.37. The number of rotatable bonds is 5. The summed E-state index contributed by atoms with van der Waals surface area (Å²) in [6.07, 6.45) is 0. The van der Waals surface area contributed by atoms with Crippen LogP contribution in [0.15, 0.2) is 23.0 Å². The number of ether oxygens (including phenoxy) is 1. The lowest BCUT2D eigenvalue weighted by molar-refractivity contribution is -0.145. The summed E-state index contributed by atoms with van der Waals surface area (Å²) in [5.41, 5.74) is 2.29. The van der Waals surface area contributed by atoms with Gasteiger partial charge in [0.2, 0.25) is 0 Å². The predicted octanol–water partition coefficient (Wildman–Crippen LogP) is 1.46. The first-order valence-corrected chi connectivity index (χ1v) is 6.66. The van der Waals surface area contributed by atoms with Crippen molar-refractivity contribution in [2.45, 2.75) is 32.9 Å². The van der Waals surface area contributed by atoms with Crippen LogP contribution in [-0.4, -0.2) is 28.6 Å². The van der Waals surface area contributed by atoms with E-state index in [1.165, 1.54) is 0 Å². The van der Waals surface area contributed by atoms with Gasteiger partial charge in [-0.05, 0) is 38.5 Å². The second kappa shape index (κ2) is 5.92. The number of carbonyl (C=O) groups is 1. The van der Waals surface area contributed by atoms with Crippen molar-refractivity contribution < 1.29 is 9.53 Å². The van der Waals surface area contributed by atoms with E-state index in [1.807, 2.05) is 25.1 Å². The fourth-order valence-corrected chi connectivity index (χ4v) is 2.13. The van der Waals surface area contributed by atoms with Crippen molar-refractivity contribution in [1.29, 1.82) is 0 Å². The van der Waals surface area contributed by atoms with Crippen molar-refractivity contribution in [2.75, 3.05) is 6.61 Å². The Morgan fingerprint density at radius 2 is 2.00 bits per heavy atom. The van der Waals surface area contributed by atoms with Gasteiger partial charge in [-0.25, -0.2) is 4.79 Å². The highest BCUT2D eigenvalue weighted by Crippen LogP contribution is 2.17. The molecule has 6 nitrogen and oxygen atoms in total. The number of fused-ring (bicyclic) bond motifs is 1. The standard InChI is InChI=1S/C14H19N3O3/c1-4-20-13(18)9(3)15-8(2)10-5-6-11-12(7-10)17-14(19)16-11/h5-9,15H,4H2,1-3H3,(H2,16,17,19). The van der Waals surface area contributed by atoms with Gasteiger partial charge in [-0.3, -0.25) is 10.1 Å². The molecule has 2 atom stereocenters. The van der Waals surface area contributed by atoms with Crippen LogP contribution in [0.1, 0.15) is 32.4 Å². The van der Waals surface area contributed by atoms with E-state index >= 15 is 0 Å². The molecular formula is C14H19N3O3. The van der Waals surface area contributed by atoms with E-state index in [4.69, 9.17) is 4.74 Å². The third kappa shape index (κ3) is 3.08. The first-order chi connectivity index (χ1) is 9.51. The molecule has 6 heteroatoms. The van der Waals surface area contributed by atoms with Crippen LogP contribution in [0.25, 0.3) is 11.0 Å². The van der Waals surface area contributed by atoms with E-state index in [-0.39, 0.29) is 23.7 Å². The van der Waals surface area contributed by atoms with Crippen LogP contribution in [0.2, 0.25) is 0 Å². The monoisotopic (exact) mass is 277 g/mol. The molecule has 0 amide bonds. The Bertz CT molecular complexity index is 659. The SMILES string of the molecule is CCOC(=O)C(C)NC(C)c1ccc2[nH]c(=O)[nH]c2c1. The summed E-state index contributed by atoms with van der Waals surface area (Å²) in [5.74, 6) is -0.268. The molecule has 2 unspecified atom stereocenters. The first kappa shape index (κ1) is 14.3. The van der Waals surface area contributed by atoms with Gasteiger partial charge in [0.05, 0.1) is 17.6 Å². The molecule has 0 radical (unpaired) electrons. The minimum atomic E-state index is -0.383. The summed E-state index contributed by atoms with van der Waals surface area (Å²) in [6, 6.07) is 5.24. The highest BCUT2D eigenvalue weighted by molar-refractivity contribution is 5.76. The molecular weight excluding hydrogens is 258 g/mol. The molecule has 2 rings (SSSR count). The van der Waals surface area contributed by atoms with Gasteiger partial charge in [0, 0.05) is 6.04 Å². The number of H-pyrrole nitrogens is 2. The summed E-state index contributed by atoms with van der Waals surface area (Å²) in [4.78, 5) is 28.2. The zero-order valence-electron chi connectivity index (χ0n) is 11.8. The Morgan fingerprint density at radius 1 is 1.30 bits per heavy atom. The molecule has 2 aromatic rings. The molecule has 0 saturated heterocycles. The van der Waals surface area contributed by atoms with Crippen molar-refractivity contribution in [2.24, 2.45) is 0 Å². The Balaban J connectivity index is 2.12. The summed E-state index contributed by atoms with van der Waals surface area (Å²) in [7, 11) is 0. The van der Waals surface area contributed by atoms with E-state index in [1.54, 1.807) is 13.8 Å². The maximum atomic E-state index is 11.6. The maximum absolute atomic E-state index is 11.6. The summed E-state index contributed by atoms with van der Waals surface area (Å²) in [5, 5.41) is 3.18. The van der Waals surface area contributed by atoms with Crippen molar-refractivity contribution >= 4 is 17.0 Å². The van der Waals surface area contributed by atoms with E-state index < -0.39 is 0 Å². The van der Waals surface area contributed by atoms with Gasteiger partial charge < -0.3 is 14.7 Å². The van der Waals surface area contributed by atoms with Crippen LogP contribution < -0.4 is 11.0 Å². The van der Waals surface area contributed by atoms with Crippen LogP contribution in [0, 0.1) is 0 Å². The van der Waals surface area contributed by atoms with Gasteiger partial charge in [0.25, 0.3) is 0 Å². The van der Waals surface area contributed by atoms with Gasteiger partial charge in [0.15, 0.2) is 0 Å². The number of hydrogen-bond acceptors (Lipinski definition) is 4. The molecule has 0 bridgehead atoms. The molecule has 0 aliphatic heterocycles. The lowest BCUT2D eigenvalue weighted by atomic mass is 10.1. The van der Waals surface area contributed by atoms with E-state index in [2.05, 4.69) is 15.3 Å². The number of carbonyl (C=O) groups excluding carboxylic acids is 1. The Labute approximate surface area is 116 Å². The normalized spacial score (nSPS) is 14.2. The molecule has 0 aliphatic rings. The van der Waals surface area contributed by atoms with Gasteiger partial charge in [0.1, 0.15) is 6.04 Å². The third-order valence-corrected chi connectivity index (χ3v) is 3.18. The van der Waals surface area contributed by atoms with Crippen molar-refractivity contribution in [3.05, 3.63) is 34.2 Å². The zero-order chi connectivity index (χ0) is 14.7. The second-order valence-corrected chi connectivity index (χ2v) is 4.75. The number of benzene rings is 1. The number of hydrogen-bond donors (Lipinski definition) is 3. The smallest absolute Gasteiger partial charge is 0.323 e. The minimum absolute atomic E-state index is 0.0304. The van der Waals surface area contributed by atoms with Crippen LogP contribution in [0.5, 0.6) is 0 Å². The summed E-state index contributed by atoms with van der Waals surface area (Å²) in [6.45, 7) is 5.88. The predicted molar refractivity (Wildman–Crippen MR) is 76.6 cm³/mol. The largest absolute Gasteiger partial charge is 0.465 e. The molecule has 20 heavy (non-hydrogen) atoms. The molecule has 0 spiro atoms. The van der Waals surface area contributed by atoms with E-state index in [0.717, 1.165) is 16.6 Å². The third-order valence-electron chi connectivity index (χ3n) is 3.18. The van der Waals surface area contributed by atoms with Crippen LogP contribution in [0.3, 0.4) is 0 Å². The van der Waals surface area contributed by atoms with Crippen LogP contribution in [-0.2, 0) is 9.53 Å². The number of imidazole rings is 1. The molecule has 1 aromatic heterocycles. The quantitative estimate of drug-likeness (QED) is 0.722. The van der Waals surface area contributed by atoms with Gasteiger partial charge in [-0.2, -0.15) is 0 Å². The number of aromatic amines is 2. The van der Waals surface area contributed by atoms with Crippen LogP contribution in [0.4, 0.5) is 0 Å². The second-order valence-electron chi connectivity index (χ2n) is 4.75. The van der Waals surface area contributed by atoms with Crippen molar-refractivity contribution in [1.82, 2.24) is 15.3 Å². The lowest BCUT2D eigenvalue weighted by Gasteiger charge is -2.19. The molecule has 1 heterocycles. The number of aromatic nitrogens is 2. The minimum Gasteiger partial charge on any atom is -0.465 e. The molecule has 108 valence electrons. The number of esters is 1. The van der Waals surface area contributed by atoms with Gasteiger partial charge >= 0.3 is 11.7 Å². The van der Waals surface area contributed by atoms with Gasteiger partial charge in [-0.15, -0.1) is 0 Å². The fraction of sp³-hybridized carbons (Fsp3) is 0.429. The highest BCUT2D eigenvalue weighted by atomic mass is 16.5. The average molecular weight is 277 g/mol. The average Bonchev–Trinajstić information content (AvgIpc) is 2.77. The van der Waals surface area contributed by atoms with Crippen molar-refractivity contribution in [3.63, 3.8) is 0 Å². The summed E-state index contributed by atoms with van der Waals surface area (Å²) >= 11 is 0. The van der Waals surface area contributed by atoms with Gasteiger partial charge in [-0.1, -0.05) is 6.07 Å². The maximum Gasteiger partial charge on any atom is 0.323 e. The Morgan fingerprint density at radius 3 is 2.70 bits per heavy atom. The number of nitrogens with one attached hydrogen (secondary N) is 3. The first-order valence-electron chi connectivity index (χ1n) is 6.66. The molecule has 3 N–H and O–H groups in total.